The van der Waals surface area contributed by atoms with Crippen molar-refractivity contribution >= 4 is 27.5 Å². The molecular formula is C12H20N2O4S2. The largest absolute Gasteiger partial charge is 0.497 e. The molecule has 114 valence electrons. The third kappa shape index (κ3) is 4.02. The quantitative estimate of drug-likeness (QED) is 0.638. The van der Waals surface area contributed by atoms with E-state index in [2.05, 4.69) is 4.72 Å². The van der Waals surface area contributed by atoms with Crippen LogP contribution in [0.15, 0.2) is 23.1 Å². The summed E-state index contributed by atoms with van der Waals surface area (Å²) in [7, 11) is -2.26. The van der Waals surface area contributed by atoms with Crippen LogP contribution in [0.2, 0.25) is 0 Å². The molecule has 20 heavy (non-hydrogen) atoms. The van der Waals surface area contributed by atoms with E-state index in [-0.39, 0.29) is 22.4 Å². The van der Waals surface area contributed by atoms with E-state index in [1.807, 2.05) is 6.26 Å². The van der Waals surface area contributed by atoms with Crippen molar-refractivity contribution in [2.75, 3.05) is 25.7 Å². The van der Waals surface area contributed by atoms with Gasteiger partial charge >= 0.3 is 0 Å². The van der Waals surface area contributed by atoms with E-state index in [1.54, 1.807) is 6.92 Å². The minimum atomic E-state index is -3.74. The lowest BCUT2D eigenvalue weighted by Gasteiger charge is -2.21. The molecule has 8 heteroatoms. The van der Waals surface area contributed by atoms with Crippen LogP contribution in [0.3, 0.4) is 0 Å². The van der Waals surface area contributed by atoms with E-state index in [0.717, 1.165) is 0 Å². The lowest BCUT2D eigenvalue weighted by molar-refractivity contribution is 0.282. The molecule has 0 aliphatic heterocycles. The number of nitrogen functional groups attached to an aromatic ring is 1. The molecule has 0 aromatic heterocycles. The zero-order valence-electron chi connectivity index (χ0n) is 11.7. The number of nitrogens with two attached hydrogens (primary N) is 1. The molecule has 0 spiro atoms. The zero-order chi connectivity index (χ0) is 15.3. The average molecular weight is 320 g/mol. The molecule has 1 aromatic rings. The first-order chi connectivity index (χ1) is 9.35. The van der Waals surface area contributed by atoms with Gasteiger partial charge in [-0.25, -0.2) is 13.1 Å². The number of methoxy groups -OCH3 is 1. The average Bonchev–Trinajstić information content (AvgIpc) is 2.38. The van der Waals surface area contributed by atoms with Crippen LogP contribution >= 0.6 is 11.8 Å². The molecule has 4 N–H and O–H groups in total. The van der Waals surface area contributed by atoms with E-state index in [0.29, 0.717) is 5.75 Å². The SMILES string of the molecule is COc1ccc(S(=O)(=O)NC(C)C(CO)SC)c(N)c1. The van der Waals surface area contributed by atoms with Gasteiger partial charge in [0, 0.05) is 17.4 Å². The van der Waals surface area contributed by atoms with Crippen LogP contribution in [0.5, 0.6) is 5.75 Å². The standard InChI is InChI=1S/C12H20N2O4S2/c1-8(11(7-15)19-3)14-20(16,17)12-5-4-9(18-2)6-10(12)13/h4-6,8,11,14-15H,7,13H2,1-3H3. The monoisotopic (exact) mass is 320 g/mol. The van der Waals surface area contributed by atoms with Gasteiger partial charge in [0.25, 0.3) is 0 Å². The highest BCUT2D eigenvalue weighted by molar-refractivity contribution is 7.99. The number of ether oxygens (including phenoxy) is 1. The Morgan fingerprint density at radius 3 is 2.60 bits per heavy atom. The summed E-state index contributed by atoms with van der Waals surface area (Å²) in [5.41, 5.74) is 5.87. The Morgan fingerprint density at radius 2 is 2.15 bits per heavy atom. The minimum Gasteiger partial charge on any atom is -0.497 e. The third-order valence-electron chi connectivity index (χ3n) is 2.89. The normalized spacial score (nSPS) is 14.8. The van der Waals surface area contributed by atoms with E-state index in [9.17, 15) is 13.5 Å². The number of hydrogen-bond donors (Lipinski definition) is 3. The second-order valence-electron chi connectivity index (χ2n) is 4.27. The molecule has 0 saturated heterocycles. The molecule has 0 heterocycles. The summed E-state index contributed by atoms with van der Waals surface area (Å²) in [6, 6.07) is 3.97. The number of aliphatic hydroxyl groups is 1. The Bertz CT molecular complexity index is 544. The predicted molar refractivity (Wildman–Crippen MR) is 81.6 cm³/mol. The highest BCUT2D eigenvalue weighted by atomic mass is 32.2. The van der Waals surface area contributed by atoms with Crippen molar-refractivity contribution in [1.29, 1.82) is 0 Å². The summed E-state index contributed by atoms with van der Waals surface area (Å²) in [6.07, 6.45) is 1.81. The second-order valence-corrected chi connectivity index (χ2v) is 7.03. The highest BCUT2D eigenvalue weighted by Gasteiger charge is 2.24. The molecule has 0 radical (unpaired) electrons. The summed E-state index contributed by atoms with van der Waals surface area (Å²) < 4.78 is 32.1. The lowest BCUT2D eigenvalue weighted by atomic mass is 10.3. The number of nitrogens with one attached hydrogen (secondary N) is 1. The molecular weight excluding hydrogens is 300 g/mol. The van der Waals surface area contributed by atoms with Gasteiger partial charge < -0.3 is 15.6 Å². The molecule has 0 saturated carbocycles. The smallest absolute Gasteiger partial charge is 0.242 e. The maximum Gasteiger partial charge on any atom is 0.242 e. The van der Waals surface area contributed by atoms with Crippen molar-refractivity contribution < 1.29 is 18.3 Å². The van der Waals surface area contributed by atoms with Gasteiger partial charge in [0.05, 0.1) is 19.4 Å². The molecule has 2 unspecified atom stereocenters. The Morgan fingerprint density at radius 1 is 1.50 bits per heavy atom. The van der Waals surface area contributed by atoms with Gasteiger partial charge in [0.1, 0.15) is 10.6 Å². The first-order valence-electron chi connectivity index (χ1n) is 5.95. The summed E-state index contributed by atoms with van der Waals surface area (Å²) >= 11 is 1.40. The molecule has 0 aliphatic rings. The second kappa shape index (κ2) is 7.16. The van der Waals surface area contributed by atoms with Crippen LogP contribution in [0.25, 0.3) is 0 Å². The summed E-state index contributed by atoms with van der Waals surface area (Å²) in [5, 5.41) is 8.97. The van der Waals surface area contributed by atoms with E-state index in [1.165, 1.54) is 37.1 Å². The number of hydrogen-bond acceptors (Lipinski definition) is 6. The van der Waals surface area contributed by atoms with Crippen molar-refractivity contribution in [3.8, 4) is 5.75 Å². The number of benzene rings is 1. The number of aliphatic hydroxyl groups excluding tert-OH is 1. The van der Waals surface area contributed by atoms with E-state index < -0.39 is 16.1 Å². The van der Waals surface area contributed by atoms with Gasteiger partial charge in [-0.05, 0) is 25.3 Å². The van der Waals surface area contributed by atoms with Crippen LogP contribution in [-0.2, 0) is 10.0 Å². The van der Waals surface area contributed by atoms with E-state index in [4.69, 9.17) is 10.5 Å². The van der Waals surface area contributed by atoms with Crippen molar-refractivity contribution in [2.45, 2.75) is 23.1 Å². The maximum absolute atomic E-state index is 12.3. The molecule has 0 fully saturated rings. The fourth-order valence-electron chi connectivity index (χ4n) is 1.72. The third-order valence-corrected chi connectivity index (χ3v) is 5.68. The Kier molecular flexibility index (Phi) is 6.12. The first-order valence-corrected chi connectivity index (χ1v) is 8.72. The number of rotatable bonds is 7. The minimum absolute atomic E-state index is 0.00272. The van der Waals surface area contributed by atoms with Crippen LogP contribution in [0.1, 0.15) is 6.92 Å². The summed E-state index contributed by atoms with van der Waals surface area (Å²) in [4.78, 5) is 0.00272. The Hall–Kier alpha value is -0.960. The van der Waals surface area contributed by atoms with E-state index >= 15 is 0 Å². The topological polar surface area (TPSA) is 102 Å². The first kappa shape index (κ1) is 17.1. The van der Waals surface area contributed by atoms with Crippen molar-refractivity contribution in [2.24, 2.45) is 0 Å². The summed E-state index contributed by atoms with van der Waals surface area (Å²) in [5.74, 6) is 0.492. The molecule has 0 aliphatic carbocycles. The van der Waals surface area contributed by atoms with Gasteiger partial charge in [-0.15, -0.1) is 0 Å². The summed E-state index contributed by atoms with van der Waals surface area (Å²) in [6.45, 7) is 1.59. The lowest BCUT2D eigenvalue weighted by Crippen LogP contribution is -2.41. The van der Waals surface area contributed by atoms with Gasteiger partial charge in [0.2, 0.25) is 10.0 Å². The molecule has 1 rings (SSSR count). The zero-order valence-corrected chi connectivity index (χ0v) is 13.3. The maximum atomic E-state index is 12.3. The van der Waals surface area contributed by atoms with Crippen LogP contribution < -0.4 is 15.2 Å². The predicted octanol–water partition coefficient (Wildman–Crippen LogP) is 0.668. The van der Waals surface area contributed by atoms with Crippen LogP contribution in [0, 0.1) is 0 Å². The van der Waals surface area contributed by atoms with Crippen LogP contribution in [-0.4, -0.2) is 44.8 Å². The fourth-order valence-corrected chi connectivity index (χ4v) is 3.83. The van der Waals surface area contributed by atoms with Gasteiger partial charge in [0.15, 0.2) is 0 Å². The molecule has 1 aromatic carbocycles. The number of thioether (sulfide) groups is 1. The molecule has 6 nitrogen and oxygen atoms in total. The molecule has 0 bridgehead atoms. The van der Waals surface area contributed by atoms with Crippen molar-refractivity contribution in [3.63, 3.8) is 0 Å². The molecule has 0 amide bonds. The number of anilines is 1. The Balaban J connectivity index is 2.99. The van der Waals surface area contributed by atoms with Gasteiger partial charge in [-0.2, -0.15) is 11.8 Å². The van der Waals surface area contributed by atoms with Crippen molar-refractivity contribution in [1.82, 2.24) is 4.72 Å². The van der Waals surface area contributed by atoms with Gasteiger partial charge in [-0.3, -0.25) is 0 Å². The van der Waals surface area contributed by atoms with Gasteiger partial charge in [-0.1, -0.05) is 0 Å². The Labute approximate surface area is 123 Å². The number of sulfonamides is 1. The molecule has 2 atom stereocenters. The fraction of sp³-hybridized carbons (Fsp3) is 0.500. The van der Waals surface area contributed by atoms with Crippen molar-refractivity contribution in [3.05, 3.63) is 18.2 Å². The van der Waals surface area contributed by atoms with Crippen LogP contribution in [0.4, 0.5) is 5.69 Å². The highest BCUT2D eigenvalue weighted by Crippen LogP contribution is 2.24.